The molecule has 0 aliphatic carbocycles. The fraction of sp³-hybridized carbons (Fsp3) is 0.263. The number of hydrogen-bond donors (Lipinski definition) is 3. The first kappa shape index (κ1) is 21.0. The number of carboxylic acids is 1. The molecule has 0 atom stereocenters. The topological polar surface area (TPSA) is 81.2 Å². The quantitative estimate of drug-likeness (QED) is 0.478. The molecule has 29 heavy (non-hydrogen) atoms. The van der Waals surface area contributed by atoms with Crippen molar-refractivity contribution in [1.29, 1.82) is 0 Å². The van der Waals surface area contributed by atoms with Crippen molar-refractivity contribution in [2.75, 3.05) is 31.7 Å². The molecule has 2 aromatic carbocycles. The van der Waals surface area contributed by atoms with Gasteiger partial charge in [0.2, 0.25) is 5.95 Å². The summed E-state index contributed by atoms with van der Waals surface area (Å²) in [6.45, 7) is 0.770. The van der Waals surface area contributed by atoms with Crippen molar-refractivity contribution in [1.82, 2.24) is 14.9 Å². The molecule has 0 aliphatic rings. The molecule has 6 nitrogen and oxygen atoms in total. The molecule has 0 aliphatic heterocycles. The summed E-state index contributed by atoms with van der Waals surface area (Å²) in [6.07, 6.45) is -4.51. The lowest BCUT2D eigenvalue weighted by Crippen LogP contribution is -2.15. The van der Waals surface area contributed by atoms with Crippen LogP contribution in [0.2, 0.25) is 0 Å². The number of thioether (sulfide) groups is 1. The van der Waals surface area contributed by atoms with Crippen LogP contribution in [0.4, 0.5) is 24.8 Å². The van der Waals surface area contributed by atoms with Crippen LogP contribution in [0.5, 0.6) is 0 Å². The molecule has 0 saturated heterocycles. The van der Waals surface area contributed by atoms with E-state index in [0.717, 1.165) is 12.6 Å². The zero-order valence-corrected chi connectivity index (χ0v) is 16.5. The number of H-pyrrole nitrogens is 1. The van der Waals surface area contributed by atoms with E-state index >= 15 is 0 Å². The number of carbonyl (C=O) groups is 1. The van der Waals surface area contributed by atoms with Crippen LogP contribution >= 0.6 is 11.8 Å². The second-order valence-corrected chi connectivity index (χ2v) is 7.71. The lowest BCUT2D eigenvalue weighted by Gasteiger charge is -2.12. The summed E-state index contributed by atoms with van der Waals surface area (Å²) >= 11 is 1.40. The highest BCUT2D eigenvalue weighted by Crippen LogP contribution is 2.36. The number of para-hydroxylation sites is 1. The molecule has 10 heteroatoms. The van der Waals surface area contributed by atoms with Crippen LogP contribution in [0.15, 0.2) is 41.3 Å². The van der Waals surface area contributed by atoms with Crippen molar-refractivity contribution in [2.45, 2.75) is 11.1 Å². The minimum atomic E-state index is -4.51. The summed E-state index contributed by atoms with van der Waals surface area (Å²) in [5.74, 6) is -0.292. The number of rotatable bonds is 7. The van der Waals surface area contributed by atoms with Gasteiger partial charge in [0.05, 0.1) is 27.8 Å². The van der Waals surface area contributed by atoms with Crippen molar-refractivity contribution in [3.8, 4) is 0 Å². The van der Waals surface area contributed by atoms with Crippen LogP contribution in [-0.2, 0) is 6.18 Å². The van der Waals surface area contributed by atoms with Crippen molar-refractivity contribution in [3.63, 3.8) is 0 Å². The maximum Gasteiger partial charge on any atom is 0.418 e. The van der Waals surface area contributed by atoms with E-state index in [1.807, 2.05) is 19.0 Å². The highest BCUT2D eigenvalue weighted by atomic mass is 32.2. The van der Waals surface area contributed by atoms with E-state index in [1.165, 1.54) is 36.0 Å². The molecule has 1 heterocycles. The first-order valence-electron chi connectivity index (χ1n) is 8.63. The normalized spacial score (nSPS) is 11.9. The Labute approximate surface area is 169 Å². The summed E-state index contributed by atoms with van der Waals surface area (Å²) < 4.78 is 39.5. The SMILES string of the molecule is CN(C)CCSc1cc2[nH]c(Nc3ccccc3C(F)(F)F)nc2cc1C(=O)O. The van der Waals surface area contributed by atoms with Crippen molar-refractivity contribution in [3.05, 3.63) is 47.5 Å². The number of carboxylic acid groups (broad SMARTS) is 1. The molecule has 3 rings (SSSR count). The molecule has 154 valence electrons. The number of aromatic carboxylic acids is 1. The molecule has 0 fully saturated rings. The molecule has 0 bridgehead atoms. The van der Waals surface area contributed by atoms with E-state index in [4.69, 9.17) is 0 Å². The monoisotopic (exact) mass is 424 g/mol. The molecule has 0 unspecified atom stereocenters. The third-order valence-corrected chi connectivity index (χ3v) is 5.13. The number of nitrogens with one attached hydrogen (secondary N) is 2. The lowest BCUT2D eigenvalue weighted by atomic mass is 10.1. The summed E-state index contributed by atoms with van der Waals surface area (Å²) in [5, 5.41) is 12.1. The number of nitrogens with zero attached hydrogens (tertiary/aromatic N) is 2. The predicted molar refractivity (Wildman–Crippen MR) is 107 cm³/mol. The van der Waals surface area contributed by atoms with Crippen LogP contribution in [0.3, 0.4) is 0 Å². The Morgan fingerprint density at radius 2 is 2.00 bits per heavy atom. The number of anilines is 2. The summed E-state index contributed by atoms with van der Waals surface area (Å²) in [7, 11) is 3.85. The van der Waals surface area contributed by atoms with E-state index < -0.39 is 17.7 Å². The van der Waals surface area contributed by atoms with Crippen molar-refractivity contribution in [2.24, 2.45) is 0 Å². The van der Waals surface area contributed by atoms with Crippen LogP contribution in [0, 0.1) is 0 Å². The lowest BCUT2D eigenvalue weighted by molar-refractivity contribution is -0.136. The van der Waals surface area contributed by atoms with Gasteiger partial charge in [-0.2, -0.15) is 13.2 Å². The number of fused-ring (bicyclic) bond motifs is 1. The number of halogens is 3. The number of aromatic nitrogens is 2. The molecule has 0 amide bonds. The molecule has 0 spiro atoms. The minimum absolute atomic E-state index is 0.100. The average molecular weight is 424 g/mol. The first-order valence-corrected chi connectivity index (χ1v) is 9.61. The average Bonchev–Trinajstić information content (AvgIpc) is 3.01. The Hall–Kier alpha value is -2.72. The third kappa shape index (κ3) is 5.01. The van der Waals surface area contributed by atoms with Crippen molar-refractivity contribution < 1.29 is 23.1 Å². The highest BCUT2D eigenvalue weighted by Gasteiger charge is 2.33. The molecular weight excluding hydrogens is 405 g/mol. The number of alkyl halides is 3. The Morgan fingerprint density at radius 3 is 2.66 bits per heavy atom. The number of imidazole rings is 1. The van der Waals surface area contributed by atoms with E-state index in [0.29, 0.717) is 21.7 Å². The Bertz CT molecular complexity index is 1030. The largest absolute Gasteiger partial charge is 0.478 e. The van der Waals surface area contributed by atoms with Crippen LogP contribution in [0.1, 0.15) is 15.9 Å². The molecule has 0 radical (unpaired) electrons. The van der Waals surface area contributed by atoms with E-state index in [-0.39, 0.29) is 17.2 Å². The Balaban J connectivity index is 1.93. The molecule has 3 N–H and O–H groups in total. The van der Waals surface area contributed by atoms with Gasteiger partial charge in [-0.15, -0.1) is 11.8 Å². The van der Waals surface area contributed by atoms with Crippen LogP contribution in [0.25, 0.3) is 11.0 Å². The van der Waals surface area contributed by atoms with Gasteiger partial charge in [0.1, 0.15) is 0 Å². The van der Waals surface area contributed by atoms with Gasteiger partial charge in [-0.3, -0.25) is 0 Å². The maximum atomic E-state index is 13.2. The molecule has 0 saturated carbocycles. The smallest absolute Gasteiger partial charge is 0.418 e. The summed E-state index contributed by atoms with van der Waals surface area (Å²) in [5.41, 5.74) is 0.0420. The highest BCUT2D eigenvalue weighted by molar-refractivity contribution is 7.99. The van der Waals surface area contributed by atoms with Gasteiger partial charge in [-0.25, -0.2) is 9.78 Å². The molecular formula is C19H19F3N4O2S. The van der Waals surface area contributed by atoms with E-state index in [1.54, 1.807) is 6.07 Å². The fourth-order valence-corrected chi connectivity index (χ4v) is 3.87. The van der Waals surface area contributed by atoms with Gasteiger partial charge in [0.25, 0.3) is 0 Å². The van der Waals surface area contributed by atoms with Gasteiger partial charge < -0.3 is 20.3 Å². The number of benzene rings is 2. The van der Waals surface area contributed by atoms with Crippen LogP contribution in [-0.4, -0.2) is 52.3 Å². The zero-order chi connectivity index (χ0) is 21.2. The Morgan fingerprint density at radius 1 is 1.28 bits per heavy atom. The molecule has 3 aromatic rings. The van der Waals surface area contributed by atoms with Gasteiger partial charge >= 0.3 is 12.1 Å². The van der Waals surface area contributed by atoms with Gasteiger partial charge in [-0.05, 0) is 38.4 Å². The molecule has 1 aromatic heterocycles. The van der Waals surface area contributed by atoms with Gasteiger partial charge in [-0.1, -0.05) is 12.1 Å². The second-order valence-electron chi connectivity index (χ2n) is 6.58. The summed E-state index contributed by atoms with van der Waals surface area (Å²) in [6, 6.07) is 8.17. The summed E-state index contributed by atoms with van der Waals surface area (Å²) in [4.78, 5) is 21.3. The fourth-order valence-electron chi connectivity index (χ4n) is 2.69. The predicted octanol–water partition coefficient (Wildman–Crippen LogP) is 4.68. The Kier molecular flexibility index (Phi) is 6.04. The standard InChI is InChI=1S/C19H19F3N4O2S/c1-26(2)7-8-29-16-10-15-14(9-11(16)17(27)28)24-18(25-15)23-13-6-4-3-5-12(13)19(20,21)22/h3-6,9-10H,7-8H2,1-2H3,(H,27,28)(H2,23,24,25). The van der Waals surface area contributed by atoms with Gasteiger partial charge in [0.15, 0.2) is 0 Å². The number of hydrogen-bond acceptors (Lipinski definition) is 5. The first-order chi connectivity index (χ1) is 13.6. The maximum absolute atomic E-state index is 13.2. The second kappa shape index (κ2) is 8.34. The minimum Gasteiger partial charge on any atom is -0.478 e. The van der Waals surface area contributed by atoms with Crippen LogP contribution < -0.4 is 5.32 Å². The third-order valence-electron chi connectivity index (χ3n) is 4.10. The van der Waals surface area contributed by atoms with Crippen molar-refractivity contribution >= 4 is 40.4 Å². The van der Waals surface area contributed by atoms with E-state index in [2.05, 4.69) is 15.3 Å². The van der Waals surface area contributed by atoms with E-state index in [9.17, 15) is 23.1 Å². The zero-order valence-electron chi connectivity index (χ0n) is 15.7. The number of aromatic amines is 1. The van der Waals surface area contributed by atoms with Gasteiger partial charge in [0, 0.05) is 17.2 Å².